The summed E-state index contributed by atoms with van der Waals surface area (Å²) >= 11 is 0. The van der Waals surface area contributed by atoms with E-state index in [4.69, 9.17) is 9.47 Å². The second-order valence-electron chi connectivity index (χ2n) is 4.99. The Balaban J connectivity index is 2.18. The van der Waals surface area contributed by atoms with Crippen LogP contribution in [0.5, 0.6) is 11.5 Å². The Bertz CT molecular complexity index is 843. The van der Waals surface area contributed by atoms with Crippen LogP contribution >= 0.6 is 0 Å². The number of pyridine rings is 1. The van der Waals surface area contributed by atoms with Gasteiger partial charge < -0.3 is 24.1 Å². The van der Waals surface area contributed by atoms with Crippen molar-refractivity contribution in [3.05, 3.63) is 52.4 Å². The molecule has 2 rings (SSSR count). The van der Waals surface area contributed by atoms with Gasteiger partial charge in [-0.05, 0) is 18.2 Å². The van der Waals surface area contributed by atoms with Crippen molar-refractivity contribution in [2.45, 2.75) is 6.54 Å². The third-order valence-electron chi connectivity index (χ3n) is 3.40. The monoisotopic (exact) mass is 346 g/mol. The molecule has 0 aliphatic rings. The van der Waals surface area contributed by atoms with E-state index < -0.39 is 17.4 Å². The van der Waals surface area contributed by atoms with Gasteiger partial charge in [0.05, 0.1) is 32.6 Å². The second kappa shape index (κ2) is 8.00. The lowest BCUT2D eigenvalue weighted by molar-refractivity contribution is -0.116. The smallest absolute Gasteiger partial charge is 0.339 e. The lowest BCUT2D eigenvalue weighted by Gasteiger charge is -2.12. The van der Waals surface area contributed by atoms with Crippen molar-refractivity contribution in [2.24, 2.45) is 0 Å². The molecule has 25 heavy (non-hydrogen) atoms. The van der Waals surface area contributed by atoms with Crippen LogP contribution in [-0.4, -0.2) is 37.8 Å². The maximum Gasteiger partial charge on any atom is 0.339 e. The van der Waals surface area contributed by atoms with Gasteiger partial charge >= 0.3 is 5.97 Å². The van der Waals surface area contributed by atoms with Gasteiger partial charge in [-0.3, -0.25) is 9.59 Å². The summed E-state index contributed by atoms with van der Waals surface area (Å²) in [5.41, 5.74) is 0.201. The summed E-state index contributed by atoms with van der Waals surface area (Å²) in [5, 5.41) is 2.66. The van der Waals surface area contributed by atoms with E-state index in [2.05, 4.69) is 10.1 Å². The Kier molecular flexibility index (Phi) is 5.78. The number of amides is 1. The molecular formula is C17H18N2O6. The molecule has 1 heterocycles. The molecule has 0 atom stereocenters. The number of benzene rings is 1. The largest absolute Gasteiger partial charge is 0.497 e. The normalized spacial score (nSPS) is 10.0. The third kappa shape index (κ3) is 4.37. The van der Waals surface area contributed by atoms with E-state index in [1.54, 1.807) is 18.2 Å². The first kappa shape index (κ1) is 18.1. The number of carbonyl (C=O) groups excluding carboxylic acids is 2. The lowest BCUT2D eigenvalue weighted by Crippen LogP contribution is -2.27. The van der Waals surface area contributed by atoms with E-state index in [-0.39, 0.29) is 12.1 Å². The Morgan fingerprint density at radius 3 is 2.48 bits per heavy atom. The average molecular weight is 346 g/mol. The van der Waals surface area contributed by atoms with Crippen LogP contribution in [0, 0.1) is 0 Å². The SMILES string of the molecule is COC(=O)c1ccc(=O)n(CC(=O)Nc2ccc(OC)cc2OC)c1. The van der Waals surface area contributed by atoms with Crippen molar-refractivity contribution < 1.29 is 23.8 Å². The van der Waals surface area contributed by atoms with E-state index in [1.165, 1.54) is 39.7 Å². The molecule has 1 aromatic heterocycles. The van der Waals surface area contributed by atoms with Gasteiger partial charge in [0.15, 0.2) is 0 Å². The maximum atomic E-state index is 12.2. The van der Waals surface area contributed by atoms with Gasteiger partial charge in [0.25, 0.3) is 5.56 Å². The van der Waals surface area contributed by atoms with E-state index in [1.807, 2.05) is 0 Å². The zero-order valence-electron chi connectivity index (χ0n) is 14.1. The zero-order chi connectivity index (χ0) is 18.4. The first-order chi connectivity index (χ1) is 12.0. The lowest BCUT2D eigenvalue weighted by atomic mass is 10.2. The highest BCUT2D eigenvalue weighted by Gasteiger charge is 2.12. The van der Waals surface area contributed by atoms with Crippen molar-refractivity contribution in [3.63, 3.8) is 0 Å². The number of hydrogen-bond donors (Lipinski definition) is 1. The number of anilines is 1. The number of ether oxygens (including phenoxy) is 3. The van der Waals surface area contributed by atoms with Gasteiger partial charge in [-0.15, -0.1) is 0 Å². The number of methoxy groups -OCH3 is 3. The van der Waals surface area contributed by atoms with Gasteiger partial charge in [-0.1, -0.05) is 0 Å². The van der Waals surface area contributed by atoms with Crippen LogP contribution in [0.15, 0.2) is 41.3 Å². The van der Waals surface area contributed by atoms with Gasteiger partial charge in [0, 0.05) is 18.3 Å². The van der Waals surface area contributed by atoms with Crippen molar-refractivity contribution in [1.29, 1.82) is 0 Å². The highest BCUT2D eigenvalue weighted by atomic mass is 16.5. The summed E-state index contributed by atoms with van der Waals surface area (Å²) in [5.74, 6) is -0.0428. The Labute approximate surface area is 143 Å². The average Bonchev–Trinajstić information content (AvgIpc) is 2.63. The van der Waals surface area contributed by atoms with Gasteiger partial charge in [0.2, 0.25) is 5.91 Å². The van der Waals surface area contributed by atoms with Crippen molar-refractivity contribution >= 4 is 17.6 Å². The van der Waals surface area contributed by atoms with Crippen LogP contribution in [0.1, 0.15) is 10.4 Å². The molecule has 0 saturated carbocycles. The van der Waals surface area contributed by atoms with Gasteiger partial charge in [-0.2, -0.15) is 0 Å². The first-order valence-corrected chi connectivity index (χ1v) is 7.29. The number of carbonyl (C=O) groups is 2. The van der Waals surface area contributed by atoms with Crippen LogP contribution in [0.3, 0.4) is 0 Å². The summed E-state index contributed by atoms with van der Waals surface area (Å²) in [7, 11) is 4.23. The maximum absolute atomic E-state index is 12.2. The fourth-order valence-electron chi connectivity index (χ4n) is 2.14. The predicted octanol–water partition coefficient (Wildman–Crippen LogP) is 1.29. The van der Waals surface area contributed by atoms with Gasteiger partial charge in [0.1, 0.15) is 18.0 Å². The number of rotatable bonds is 6. The van der Waals surface area contributed by atoms with E-state index in [0.717, 1.165) is 4.57 Å². The topological polar surface area (TPSA) is 95.9 Å². The van der Waals surface area contributed by atoms with E-state index in [9.17, 15) is 14.4 Å². The molecule has 0 unspecified atom stereocenters. The van der Waals surface area contributed by atoms with Crippen LogP contribution in [0.2, 0.25) is 0 Å². The Morgan fingerprint density at radius 1 is 1.08 bits per heavy atom. The first-order valence-electron chi connectivity index (χ1n) is 7.29. The molecule has 0 fully saturated rings. The molecule has 132 valence electrons. The molecule has 8 nitrogen and oxygen atoms in total. The minimum Gasteiger partial charge on any atom is -0.497 e. The van der Waals surface area contributed by atoms with Crippen LogP contribution < -0.4 is 20.3 Å². The summed E-state index contributed by atoms with van der Waals surface area (Å²) < 4.78 is 16.0. The number of esters is 1. The molecule has 0 radical (unpaired) electrons. The molecule has 0 bridgehead atoms. The quantitative estimate of drug-likeness (QED) is 0.792. The van der Waals surface area contributed by atoms with Crippen molar-refractivity contribution in [3.8, 4) is 11.5 Å². The molecular weight excluding hydrogens is 328 g/mol. The fraction of sp³-hybridized carbons (Fsp3) is 0.235. The number of nitrogens with zero attached hydrogens (tertiary/aromatic N) is 1. The van der Waals surface area contributed by atoms with Crippen molar-refractivity contribution in [2.75, 3.05) is 26.6 Å². The summed E-state index contributed by atoms with van der Waals surface area (Å²) in [6, 6.07) is 7.47. The molecule has 0 aliphatic heterocycles. The molecule has 1 amide bonds. The molecule has 0 saturated heterocycles. The Morgan fingerprint density at radius 2 is 1.84 bits per heavy atom. The van der Waals surface area contributed by atoms with Crippen LogP contribution in [-0.2, 0) is 16.1 Å². The minimum absolute atomic E-state index is 0.178. The summed E-state index contributed by atoms with van der Waals surface area (Å²) in [6.07, 6.45) is 1.28. The van der Waals surface area contributed by atoms with Crippen molar-refractivity contribution in [1.82, 2.24) is 4.57 Å². The minimum atomic E-state index is -0.592. The predicted molar refractivity (Wildman–Crippen MR) is 90.2 cm³/mol. The Hall–Kier alpha value is -3.29. The highest BCUT2D eigenvalue weighted by molar-refractivity contribution is 5.92. The molecule has 2 aromatic rings. The molecule has 1 N–H and O–H groups in total. The number of hydrogen-bond acceptors (Lipinski definition) is 6. The summed E-state index contributed by atoms with van der Waals surface area (Å²) in [6.45, 7) is -0.265. The van der Waals surface area contributed by atoms with E-state index >= 15 is 0 Å². The summed E-state index contributed by atoms with van der Waals surface area (Å²) in [4.78, 5) is 35.6. The number of aromatic nitrogens is 1. The molecule has 0 aliphatic carbocycles. The zero-order valence-corrected chi connectivity index (χ0v) is 14.1. The molecule has 0 spiro atoms. The van der Waals surface area contributed by atoms with Gasteiger partial charge in [-0.25, -0.2) is 4.79 Å². The van der Waals surface area contributed by atoms with E-state index in [0.29, 0.717) is 17.2 Å². The molecule has 8 heteroatoms. The highest BCUT2D eigenvalue weighted by Crippen LogP contribution is 2.28. The van der Waals surface area contributed by atoms with Crippen LogP contribution in [0.25, 0.3) is 0 Å². The standard InChI is InChI=1S/C17H18N2O6/c1-23-12-5-6-13(14(8-12)24-2)18-15(20)10-19-9-11(17(22)25-3)4-7-16(19)21/h4-9H,10H2,1-3H3,(H,18,20). The number of nitrogens with one attached hydrogen (secondary N) is 1. The molecule has 1 aromatic carbocycles. The second-order valence-corrected chi connectivity index (χ2v) is 4.99. The fourth-order valence-corrected chi connectivity index (χ4v) is 2.14. The third-order valence-corrected chi connectivity index (χ3v) is 3.40. The van der Waals surface area contributed by atoms with Crippen LogP contribution in [0.4, 0.5) is 5.69 Å².